The number of hydrogen-bond acceptors (Lipinski definition) is 3. The van der Waals surface area contributed by atoms with Crippen molar-refractivity contribution in [1.82, 2.24) is 5.32 Å². The Bertz CT molecular complexity index is 769. The molecule has 24 heavy (non-hydrogen) atoms. The highest BCUT2D eigenvalue weighted by molar-refractivity contribution is 6.30. The van der Waals surface area contributed by atoms with E-state index in [1.807, 2.05) is 42.5 Å². The second-order valence-corrected chi connectivity index (χ2v) is 6.72. The van der Waals surface area contributed by atoms with Crippen molar-refractivity contribution in [2.24, 2.45) is 0 Å². The van der Waals surface area contributed by atoms with Crippen LogP contribution in [0.5, 0.6) is 11.5 Å². The number of benzene rings is 2. The van der Waals surface area contributed by atoms with Crippen molar-refractivity contribution in [2.45, 2.75) is 24.7 Å². The lowest BCUT2D eigenvalue weighted by molar-refractivity contribution is -0.123. The summed E-state index contributed by atoms with van der Waals surface area (Å²) in [6.07, 6.45) is 2.54. The van der Waals surface area contributed by atoms with Gasteiger partial charge in [-0.3, -0.25) is 4.79 Å². The van der Waals surface area contributed by atoms with Gasteiger partial charge in [0, 0.05) is 11.6 Å². The van der Waals surface area contributed by atoms with Crippen LogP contribution in [0.1, 0.15) is 24.0 Å². The second kappa shape index (κ2) is 6.02. The summed E-state index contributed by atoms with van der Waals surface area (Å²) in [7, 11) is 0. The van der Waals surface area contributed by atoms with Crippen LogP contribution in [0, 0.1) is 0 Å². The largest absolute Gasteiger partial charge is 0.454 e. The molecule has 1 heterocycles. The van der Waals surface area contributed by atoms with Gasteiger partial charge in [-0.25, -0.2) is 0 Å². The molecule has 5 heteroatoms. The molecule has 0 radical (unpaired) electrons. The van der Waals surface area contributed by atoms with Gasteiger partial charge in [0.15, 0.2) is 11.5 Å². The molecule has 124 valence electrons. The van der Waals surface area contributed by atoms with Crippen molar-refractivity contribution in [1.29, 1.82) is 0 Å². The lowest BCUT2D eigenvalue weighted by Crippen LogP contribution is -2.35. The van der Waals surface area contributed by atoms with E-state index in [0.29, 0.717) is 6.54 Å². The third-order valence-corrected chi connectivity index (χ3v) is 4.97. The van der Waals surface area contributed by atoms with Gasteiger partial charge in [0.25, 0.3) is 0 Å². The van der Waals surface area contributed by atoms with Crippen molar-refractivity contribution in [3.05, 3.63) is 58.6 Å². The Morgan fingerprint density at radius 3 is 2.58 bits per heavy atom. The van der Waals surface area contributed by atoms with Gasteiger partial charge in [0.2, 0.25) is 12.7 Å². The van der Waals surface area contributed by atoms with Crippen molar-refractivity contribution in [3.8, 4) is 11.5 Å². The summed E-state index contributed by atoms with van der Waals surface area (Å²) in [6.45, 7) is 0.867. The van der Waals surface area contributed by atoms with Gasteiger partial charge >= 0.3 is 0 Å². The van der Waals surface area contributed by atoms with Crippen LogP contribution in [-0.4, -0.2) is 19.2 Å². The summed E-state index contributed by atoms with van der Waals surface area (Å²) in [5.74, 6) is 1.57. The Balaban J connectivity index is 1.39. The highest BCUT2D eigenvalue weighted by Gasteiger charge is 2.51. The maximum Gasteiger partial charge on any atom is 0.231 e. The molecule has 0 bridgehead atoms. The second-order valence-electron chi connectivity index (χ2n) is 6.28. The van der Waals surface area contributed by atoms with Gasteiger partial charge in [0.1, 0.15) is 0 Å². The number of amides is 1. The van der Waals surface area contributed by atoms with Crippen LogP contribution in [-0.2, 0) is 16.6 Å². The van der Waals surface area contributed by atoms with Gasteiger partial charge in [0.05, 0.1) is 5.41 Å². The SMILES string of the molecule is O=C(NCCc1ccc(Cl)cc1)C1(c2ccc3c(c2)OCO3)CC1. The topological polar surface area (TPSA) is 47.6 Å². The monoisotopic (exact) mass is 343 g/mol. The van der Waals surface area contributed by atoms with Crippen LogP contribution in [0.4, 0.5) is 0 Å². The smallest absolute Gasteiger partial charge is 0.231 e. The molecule has 2 aromatic carbocycles. The van der Waals surface area contributed by atoms with Crippen LogP contribution in [0.3, 0.4) is 0 Å². The lowest BCUT2D eigenvalue weighted by Gasteiger charge is -2.16. The molecule has 1 amide bonds. The van der Waals surface area contributed by atoms with Gasteiger partial charge in [-0.1, -0.05) is 29.8 Å². The fourth-order valence-corrected chi connectivity index (χ4v) is 3.23. The molecule has 1 aliphatic carbocycles. The first-order valence-electron chi connectivity index (χ1n) is 8.10. The van der Waals surface area contributed by atoms with E-state index in [2.05, 4.69) is 5.32 Å². The van der Waals surface area contributed by atoms with Crippen molar-refractivity contribution < 1.29 is 14.3 Å². The fourth-order valence-electron chi connectivity index (χ4n) is 3.11. The molecule has 0 aromatic heterocycles. The summed E-state index contributed by atoms with van der Waals surface area (Å²) in [6, 6.07) is 13.5. The standard InChI is InChI=1S/C19H18ClNO3/c20-15-4-1-13(2-5-15)7-10-21-18(22)19(8-9-19)14-3-6-16-17(11-14)24-12-23-16/h1-6,11H,7-10,12H2,(H,21,22). The Labute approximate surface area is 145 Å². The Kier molecular flexibility index (Phi) is 3.85. The van der Waals surface area contributed by atoms with Gasteiger partial charge in [-0.2, -0.15) is 0 Å². The van der Waals surface area contributed by atoms with E-state index >= 15 is 0 Å². The first-order chi connectivity index (χ1) is 11.7. The van der Waals surface area contributed by atoms with E-state index < -0.39 is 5.41 Å². The molecule has 2 aromatic rings. The molecule has 1 saturated carbocycles. The van der Waals surface area contributed by atoms with E-state index in [1.165, 1.54) is 0 Å². The number of halogens is 1. The predicted octanol–water partition coefficient (Wildman–Crippen LogP) is 3.46. The fraction of sp³-hybridized carbons (Fsp3) is 0.316. The highest BCUT2D eigenvalue weighted by Crippen LogP contribution is 2.50. The Hall–Kier alpha value is -2.20. The summed E-state index contributed by atoms with van der Waals surface area (Å²) >= 11 is 5.88. The third kappa shape index (κ3) is 2.82. The van der Waals surface area contributed by atoms with Crippen LogP contribution in [0.25, 0.3) is 0 Å². The first-order valence-corrected chi connectivity index (χ1v) is 8.48. The molecule has 1 aliphatic heterocycles. The number of nitrogens with one attached hydrogen (secondary N) is 1. The predicted molar refractivity (Wildman–Crippen MR) is 91.6 cm³/mol. The van der Waals surface area contributed by atoms with Gasteiger partial charge in [-0.05, 0) is 54.7 Å². The molecule has 1 N–H and O–H groups in total. The number of ether oxygens (including phenoxy) is 2. The minimum atomic E-state index is -0.402. The highest BCUT2D eigenvalue weighted by atomic mass is 35.5. The van der Waals surface area contributed by atoms with E-state index in [4.69, 9.17) is 21.1 Å². The third-order valence-electron chi connectivity index (χ3n) is 4.72. The van der Waals surface area contributed by atoms with E-state index in [0.717, 1.165) is 46.9 Å². The molecule has 0 unspecified atom stereocenters. The van der Waals surface area contributed by atoms with Crippen LogP contribution in [0.2, 0.25) is 5.02 Å². The first kappa shape index (κ1) is 15.3. The molecule has 4 nitrogen and oxygen atoms in total. The molecule has 4 rings (SSSR count). The number of fused-ring (bicyclic) bond motifs is 1. The summed E-state index contributed by atoms with van der Waals surface area (Å²) in [5, 5.41) is 3.80. The minimum Gasteiger partial charge on any atom is -0.454 e. The average molecular weight is 344 g/mol. The summed E-state index contributed by atoms with van der Waals surface area (Å²) in [4.78, 5) is 12.7. The molecule has 2 aliphatic rings. The maximum atomic E-state index is 12.7. The molecule has 1 fully saturated rings. The van der Waals surface area contributed by atoms with Gasteiger partial charge < -0.3 is 14.8 Å². The Morgan fingerprint density at radius 2 is 1.83 bits per heavy atom. The zero-order chi connectivity index (χ0) is 16.6. The molecule has 0 spiro atoms. The quantitative estimate of drug-likeness (QED) is 0.904. The van der Waals surface area contributed by atoms with E-state index in [9.17, 15) is 4.79 Å². The van der Waals surface area contributed by atoms with E-state index in [-0.39, 0.29) is 12.7 Å². The molecule has 0 saturated heterocycles. The lowest BCUT2D eigenvalue weighted by atomic mass is 9.94. The molecular formula is C19H18ClNO3. The normalized spacial score (nSPS) is 16.7. The molecular weight excluding hydrogens is 326 g/mol. The van der Waals surface area contributed by atoms with Crippen molar-refractivity contribution >= 4 is 17.5 Å². The zero-order valence-corrected chi connectivity index (χ0v) is 13.9. The minimum absolute atomic E-state index is 0.0929. The molecule has 0 atom stereocenters. The van der Waals surface area contributed by atoms with Crippen LogP contribution < -0.4 is 14.8 Å². The summed E-state index contributed by atoms with van der Waals surface area (Å²) in [5.41, 5.74) is 1.77. The maximum absolute atomic E-state index is 12.7. The zero-order valence-electron chi connectivity index (χ0n) is 13.2. The van der Waals surface area contributed by atoms with Crippen molar-refractivity contribution in [2.75, 3.05) is 13.3 Å². The van der Waals surface area contributed by atoms with E-state index in [1.54, 1.807) is 0 Å². The number of rotatable bonds is 5. The van der Waals surface area contributed by atoms with Gasteiger partial charge in [-0.15, -0.1) is 0 Å². The van der Waals surface area contributed by atoms with Crippen LogP contribution >= 0.6 is 11.6 Å². The Morgan fingerprint density at radius 1 is 1.08 bits per heavy atom. The summed E-state index contributed by atoms with van der Waals surface area (Å²) < 4.78 is 10.8. The number of carbonyl (C=O) groups excluding carboxylic acids is 1. The van der Waals surface area contributed by atoms with Crippen LogP contribution in [0.15, 0.2) is 42.5 Å². The van der Waals surface area contributed by atoms with Crippen molar-refractivity contribution in [3.63, 3.8) is 0 Å². The number of carbonyl (C=O) groups is 1. The number of hydrogen-bond donors (Lipinski definition) is 1. The average Bonchev–Trinajstić information content (AvgIpc) is 3.28.